The van der Waals surface area contributed by atoms with Crippen molar-refractivity contribution in [3.63, 3.8) is 0 Å². The molecule has 0 aliphatic carbocycles. The molecule has 1 aromatic carbocycles. The molecule has 0 saturated carbocycles. The van der Waals surface area contributed by atoms with Crippen molar-refractivity contribution < 1.29 is 23.6 Å². The monoisotopic (exact) mass is 258 g/mol. The minimum absolute atomic E-state index is 0.324. The third-order valence-electron chi connectivity index (χ3n) is 2.43. The molecule has 2 aromatic rings. The van der Waals surface area contributed by atoms with Crippen molar-refractivity contribution in [2.24, 2.45) is 0 Å². The third-order valence-corrected chi connectivity index (χ3v) is 2.43. The van der Waals surface area contributed by atoms with Crippen LogP contribution in [-0.4, -0.2) is 19.2 Å². The molecular weight excluding hydrogens is 246 g/mol. The number of hydrogen-bond acceptors (Lipinski definition) is 4. The lowest BCUT2D eigenvalue weighted by Gasteiger charge is -1.99. The first-order valence-corrected chi connectivity index (χ1v) is 5.57. The molecule has 0 unspecified atom stereocenters. The summed E-state index contributed by atoms with van der Waals surface area (Å²) in [6.45, 7) is 0. The van der Waals surface area contributed by atoms with Crippen LogP contribution in [0, 0.1) is 0 Å². The molecule has 0 radical (unpaired) electrons. The Bertz CT molecular complexity index is 578. The molecule has 0 N–H and O–H groups in total. The third kappa shape index (κ3) is 3.16. The first-order chi connectivity index (χ1) is 9.20. The van der Waals surface area contributed by atoms with Crippen LogP contribution in [0.4, 0.5) is 4.79 Å². The molecule has 0 bridgehead atoms. The van der Waals surface area contributed by atoms with Crippen molar-refractivity contribution in [3.05, 3.63) is 60.4 Å². The van der Waals surface area contributed by atoms with Crippen LogP contribution in [0.1, 0.15) is 10.4 Å². The van der Waals surface area contributed by atoms with Gasteiger partial charge in [-0.15, -0.1) is 0 Å². The summed E-state index contributed by atoms with van der Waals surface area (Å²) in [6, 6.07) is 11.5. The first-order valence-electron chi connectivity index (χ1n) is 5.57. The summed E-state index contributed by atoms with van der Waals surface area (Å²) >= 11 is 0. The number of nitrogens with zero attached hydrogens (tertiary/aromatic N) is 1. The van der Waals surface area contributed by atoms with Gasteiger partial charge in [0, 0.05) is 12.1 Å². The van der Waals surface area contributed by atoms with Gasteiger partial charge in [0.2, 0.25) is 0 Å². The molecule has 0 aliphatic rings. The number of benzene rings is 1. The SMILES string of the molecule is COc1cc[n+](C(=O)OC(=O)c2ccccc2)cc1. The maximum Gasteiger partial charge on any atom is 0.610 e. The summed E-state index contributed by atoms with van der Waals surface area (Å²) in [4.78, 5) is 23.4. The maximum atomic E-state index is 11.7. The van der Waals surface area contributed by atoms with E-state index < -0.39 is 12.1 Å². The van der Waals surface area contributed by atoms with E-state index in [1.54, 1.807) is 42.5 Å². The Morgan fingerprint density at radius 1 is 1.00 bits per heavy atom. The summed E-state index contributed by atoms with van der Waals surface area (Å²) in [5.41, 5.74) is 0.324. The molecular formula is C14H12NO4+. The zero-order chi connectivity index (χ0) is 13.7. The van der Waals surface area contributed by atoms with Gasteiger partial charge in [-0.05, 0) is 12.1 Å². The Kier molecular flexibility index (Phi) is 3.87. The minimum Gasteiger partial charge on any atom is -0.496 e. The smallest absolute Gasteiger partial charge is 0.496 e. The van der Waals surface area contributed by atoms with Crippen LogP contribution in [0.3, 0.4) is 0 Å². The Labute approximate surface area is 110 Å². The minimum atomic E-state index is -0.767. The Hall–Kier alpha value is -2.69. The van der Waals surface area contributed by atoms with Gasteiger partial charge in [-0.3, -0.25) is 0 Å². The Morgan fingerprint density at radius 3 is 2.21 bits per heavy atom. The predicted molar refractivity (Wildman–Crippen MR) is 65.8 cm³/mol. The lowest BCUT2D eigenvalue weighted by Crippen LogP contribution is -2.43. The number of pyridine rings is 1. The van der Waals surface area contributed by atoms with Crippen molar-refractivity contribution in [2.75, 3.05) is 7.11 Å². The van der Waals surface area contributed by atoms with Crippen molar-refractivity contribution in [1.82, 2.24) is 0 Å². The van der Waals surface area contributed by atoms with Gasteiger partial charge >= 0.3 is 12.1 Å². The molecule has 0 amide bonds. The zero-order valence-electron chi connectivity index (χ0n) is 10.3. The number of carbonyl (C=O) groups excluding carboxylic acids is 2. The average Bonchev–Trinajstić information content (AvgIpc) is 2.48. The summed E-state index contributed by atoms with van der Waals surface area (Å²) in [5.74, 6) is -0.0765. The van der Waals surface area contributed by atoms with Gasteiger partial charge in [0.05, 0.1) is 12.7 Å². The number of methoxy groups -OCH3 is 1. The fraction of sp³-hybridized carbons (Fsp3) is 0.0714. The Morgan fingerprint density at radius 2 is 1.63 bits per heavy atom. The van der Waals surface area contributed by atoms with E-state index in [9.17, 15) is 9.59 Å². The Balaban J connectivity index is 2.06. The van der Waals surface area contributed by atoms with Crippen LogP contribution in [0.5, 0.6) is 5.75 Å². The van der Waals surface area contributed by atoms with Gasteiger partial charge in [-0.2, -0.15) is 4.79 Å². The van der Waals surface area contributed by atoms with Gasteiger partial charge in [-0.25, -0.2) is 4.79 Å². The average molecular weight is 258 g/mol. The van der Waals surface area contributed by atoms with E-state index in [4.69, 9.17) is 9.47 Å². The van der Waals surface area contributed by atoms with Gasteiger partial charge in [-0.1, -0.05) is 22.8 Å². The molecule has 19 heavy (non-hydrogen) atoms. The fourth-order valence-electron chi connectivity index (χ4n) is 1.44. The molecule has 0 saturated heterocycles. The van der Waals surface area contributed by atoms with Crippen LogP contribution in [0.2, 0.25) is 0 Å². The molecule has 2 rings (SSSR count). The zero-order valence-corrected chi connectivity index (χ0v) is 10.3. The summed E-state index contributed by atoms with van der Waals surface area (Å²) in [7, 11) is 1.52. The summed E-state index contributed by atoms with van der Waals surface area (Å²) in [6.07, 6.45) is 2.15. The van der Waals surface area contributed by atoms with Crippen LogP contribution < -0.4 is 9.30 Å². The number of rotatable bonds is 2. The van der Waals surface area contributed by atoms with Crippen molar-refractivity contribution in [2.45, 2.75) is 0 Å². The molecule has 96 valence electrons. The lowest BCUT2D eigenvalue weighted by molar-refractivity contribution is -0.583. The van der Waals surface area contributed by atoms with Gasteiger partial charge < -0.3 is 9.47 Å². The molecule has 0 atom stereocenters. The van der Waals surface area contributed by atoms with E-state index in [0.29, 0.717) is 11.3 Å². The maximum absolute atomic E-state index is 11.7. The van der Waals surface area contributed by atoms with E-state index in [1.165, 1.54) is 19.5 Å². The van der Waals surface area contributed by atoms with E-state index in [0.717, 1.165) is 4.57 Å². The topological polar surface area (TPSA) is 56.5 Å². The fourth-order valence-corrected chi connectivity index (χ4v) is 1.44. The van der Waals surface area contributed by atoms with Crippen LogP contribution in [0.25, 0.3) is 0 Å². The summed E-state index contributed by atoms with van der Waals surface area (Å²) < 4.78 is 10.9. The number of aromatic nitrogens is 1. The molecule has 0 fully saturated rings. The highest BCUT2D eigenvalue weighted by Gasteiger charge is 2.21. The molecule has 0 spiro atoms. The van der Waals surface area contributed by atoms with Gasteiger partial charge in [0.25, 0.3) is 0 Å². The van der Waals surface area contributed by atoms with E-state index in [-0.39, 0.29) is 0 Å². The van der Waals surface area contributed by atoms with E-state index in [1.807, 2.05) is 0 Å². The molecule has 5 nitrogen and oxygen atoms in total. The highest BCUT2D eigenvalue weighted by Crippen LogP contribution is 2.05. The normalized spacial score (nSPS) is 9.74. The predicted octanol–water partition coefficient (Wildman–Crippen LogP) is 1.81. The van der Waals surface area contributed by atoms with E-state index >= 15 is 0 Å². The second-order valence-electron chi connectivity index (χ2n) is 3.67. The molecule has 0 aliphatic heterocycles. The first kappa shape index (κ1) is 12.8. The number of hydrogen-bond donors (Lipinski definition) is 0. The number of esters is 1. The number of carbonyl (C=O) groups is 2. The number of ether oxygens (including phenoxy) is 2. The molecule has 5 heteroatoms. The van der Waals surface area contributed by atoms with Crippen LogP contribution in [-0.2, 0) is 4.74 Å². The largest absolute Gasteiger partial charge is 0.610 e. The van der Waals surface area contributed by atoms with Gasteiger partial charge in [0.15, 0.2) is 12.4 Å². The van der Waals surface area contributed by atoms with Crippen molar-refractivity contribution in [1.29, 1.82) is 0 Å². The van der Waals surface area contributed by atoms with Gasteiger partial charge in [0.1, 0.15) is 5.75 Å². The standard InChI is InChI=1S/C14H12NO4/c1-18-12-7-9-15(10-8-12)14(17)19-13(16)11-5-3-2-4-6-11/h2-10H,1H3/q+1. The van der Waals surface area contributed by atoms with Crippen molar-refractivity contribution in [3.8, 4) is 5.75 Å². The highest BCUT2D eigenvalue weighted by atomic mass is 16.6. The van der Waals surface area contributed by atoms with E-state index in [2.05, 4.69) is 0 Å². The lowest BCUT2D eigenvalue weighted by atomic mass is 10.2. The second kappa shape index (κ2) is 5.77. The quantitative estimate of drug-likeness (QED) is 0.468. The molecule has 1 heterocycles. The summed E-state index contributed by atoms with van der Waals surface area (Å²) in [5, 5.41) is 0. The second-order valence-corrected chi connectivity index (χ2v) is 3.67. The van der Waals surface area contributed by atoms with Crippen LogP contribution in [0.15, 0.2) is 54.9 Å². The van der Waals surface area contributed by atoms with Crippen molar-refractivity contribution >= 4 is 12.1 Å². The molecule has 1 aromatic heterocycles. The highest BCUT2D eigenvalue weighted by molar-refractivity contribution is 5.94. The van der Waals surface area contributed by atoms with Crippen LogP contribution >= 0.6 is 0 Å².